The number of phenolic OH excluding ortho intramolecular Hbond substituents is 1. The van der Waals surface area contributed by atoms with Crippen LogP contribution in [0.15, 0.2) is 24.3 Å². The van der Waals surface area contributed by atoms with E-state index in [0.717, 1.165) is 30.0 Å². The lowest BCUT2D eigenvalue weighted by atomic mass is 10.1. The summed E-state index contributed by atoms with van der Waals surface area (Å²) in [5.41, 5.74) is 7.41. The standard InChI is InChI=1S/C16H19ClN4O2/c1-10-7-15(20-16(18)19-10)21-5-2-6-23-9-14(21)12-8-11(22)3-4-13(12)17/h3-4,7-8,14,22H,2,5-6,9H2,1H3,(H2,18,19,20)/t14-/m1/s1. The van der Waals surface area contributed by atoms with E-state index in [9.17, 15) is 5.11 Å². The van der Waals surface area contributed by atoms with E-state index in [0.29, 0.717) is 18.2 Å². The van der Waals surface area contributed by atoms with Gasteiger partial charge in [-0.2, -0.15) is 4.98 Å². The van der Waals surface area contributed by atoms with E-state index in [1.165, 1.54) is 0 Å². The van der Waals surface area contributed by atoms with E-state index in [2.05, 4.69) is 14.9 Å². The molecule has 0 aliphatic carbocycles. The van der Waals surface area contributed by atoms with E-state index in [1.54, 1.807) is 18.2 Å². The molecule has 1 saturated heterocycles. The van der Waals surface area contributed by atoms with E-state index in [1.807, 2.05) is 13.0 Å². The van der Waals surface area contributed by atoms with Gasteiger partial charge in [0.15, 0.2) is 0 Å². The normalized spacial score (nSPS) is 18.7. The minimum absolute atomic E-state index is 0.147. The van der Waals surface area contributed by atoms with E-state index in [-0.39, 0.29) is 17.7 Å². The third-order valence-electron chi connectivity index (χ3n) is 3.83. The monoisotopic (exact) mass is 334 g/mol. The van der Waals surface area contributed by atoms with Crippen molar-refractivity contribution in [3.05, 3.63) is 40.5 Å². The molecule has 0 spiro atoms. The van der Waals surface area contributed by atoms with Crippen LogP contribution >= 0.6 is 11.6 Å². The third kappa shape index (κ3) is 3.48. The molecular weight excluding hydrogens is 316 g/mol. The molecule has 0 bridgehead atoms. The number of rotatable bonds is 2. The number of ether oxygens (including phenoxy) is 1. The molecule has 122 valence electrons. The van der Waals surface area contributed by atoms with Gasteiger partial charge < -0.3 is 20.5 Å². The number of phenols is 1. The smallest absolute Gasteiger partial charge is 0.222 e. The molecule has 23 heavy (non-hydrogen) atoms. The molecule has 3 rings (SSSR count). The number of nitrogens with two attached hydrogens (primary N) is 1. The van der Waals surface area contributed by atoms with Crippen molar-refractivity contribution in [2.75, 3.05) is 30.4 Å². The Balaban J connectivity index is 2.05. The van der Waals surface area contributed by atoms with Crippen molar-refractivity contribution in [2.24, 2.45) is 0 Å². The van der Waals surface area contributed by atoms with Crippen LogP contribution in [0.1, 0.15) is 23.7 Å². The lowest BCUT2D eigenvalue weighted by Crippen LogP contribution is -2.32. The number of nitrogen functional groups attached to an aromatic ring is 1. The predicted octanol–water partition coefficient (Wildman–Crippen LogP) is 2.69. The minimum atomic E-state index is -0.147. The van der Waals surface area contributed by atoms with Crippen LogP contribution in [0.5, 0.6) is 5.75 Å². The molecule has 0 amide bonds. The van der Waals surface area contributed by atoms with E-state index >= 15 is 0 Å². The number of nitrogens with zero attached hydrogens (tertiary/aromatic N) is 3. The Hall–Kier alpha value is -2.05. The number of aromatic hydroxyl groups is 1. The second-order valence-electron chi connectivity index (χ2n) is 5.57. The molecule has 1 aromatic carbocycles. The second-order valence-corrected chi connectivity index (χ2v) is 5.98. The molecule has 2 aromatic rings. The summed E-state index contributed by atoms with van der Waals surface area (Å²) in [6.07, 6.45) is 0.871. The Morgan fingerprint density at radius 3 is 2.96 bits per heavy atom. The fourth-order valence-corrected chi connectivity index (χ4v) is 3.06. The summed E-state index contributed by atoms with van der Waals surface area (Å²) < 4.78 is 5.71. The van der Waals surface area contributed by atoms with Crippen molar-refractivity contribution in [1.29, 1.82) is 0 Å². The predicted molar refractivity (Wildman–Crippen MR) is 89.8 cm³/mol. The van der Waals surface area contributed by atoms with Crippen LogP contribution in [0.3, 0.4) is 0 Å². The van der Waals surface area contributed by atoms with Crippen molar-refractivity contribution >= 4 is 23.4 Å². The van der Waals surface area contributed by atoms with Gasteiger partial charge in [-0.05, 0) is 37.1 Å². The van der Waals surface area contributed by atoms with E-state index < -0.39 is 0 Å². The highest BCUT2D eigenvalue weighted by atomic mass is 35.5. The number of halogens is 1. The fourth-order valence-electron chi connectivity index (χ4n) is 2.82. The Labute approximate surface area is 139 Å². The molecule has 1 aliphatic rings. The van der Waals surface area contributed by atoms with Gasteiger partial charge in [-0.25, -0.2) is 4.98 Å². The number of hydrogen-bond acceptors (Lipinski definition) is 6. The number of anilines is 2. The molecule has 1 aliphatic heterocycles. The SMILES string of the molecule is Cc1cc(N2CCCOC[C@@H]2c2cc(O)ccc2Cl)nc(N)n1. The molecule has 0 radical (unpaired) electrons. The molecule has 6 nitrogen and oxygen atoms in total. The summed E-state index contributed by atoms with van der Waals surface area (Å²) in [6, 6.07) is 6.68. The quantitative estimate of drug-likeness (QED) is 0.878. The molecule has 0 unspecified atom stereocenters. The fraction of sp³-hybridized carbons (Fsp3) is 0.375. The molecule has 0 saturated carbocycles. The highest BCUT2D eigenvalue weighted by Gasteiger charge is 2.27. The van der Waals surface area contributed by atoms with Crippen molar-refractivity contribution < 1.29 is 9.84 Å². The average molecular weight is 335 g/mol. The lowest BCUT2D eigenvalue weighted by molar-refractivity contribution is 0.134. The Morgan fingerprint density at radius 1 is 1.35 bits per heavy atom. The van der Waals surface area contributed by atoms with Gasteiger partial charge in [-0.1, -0.05) is 11.6 Å². The zero-order chi connectivity index (χ0) is 16.4. The zero-order valence-electron chi connectivity index (χ0n) is 12.9. The van der Waals surface area contributed by atoms with Crippen molar-refractivity contribution in [3.8, 4) is 5.75 Å². The van der Waals surface area contributed by atoms with Crippen LogP contribution < -0.4 is 10.6 Å². The number of benzene rings is 1. The van der Waals surface area contributed by atoms with Crippen molar-refractivity contribution in [3.63, 3.8) is 0 Å². The number of aryl methyl sites for hydroxylation is 1. The molecule has 1 atom stereocenters. The van der Waals surface area contributed by atoms with Crippen LogP contribution in [0.25, 0.3) is 0 Å². The summed E-state index contributed by atoms with van der Waals surface area (Å²) >= 11 is 6.35. The summed E-state index contributed by atoms with van der Waals surface area (Å²) in [5, 5.41) is 10.4. The summed E-state index contributed by atoms with van der Waals surface area (Å²) in [6.45, 7) is 3.77. The van der Waals surface area contributed by atoms with Crippen LogP contribution in [0.4, 0.5) is 11.8 Å². The van der Waals surface area contributed by atoms with Crippen LogP contribution in [0.2, 0.25) is 5.02 Å². The van der Waals surface area contributed by atoms with Crippen molar-refractivity contribution in [1.82, 2.24) is 9.97 Å². The maximum absolute atomic E-state index is 9.82. The molecule has 1 fully saturated rings. The van der Waals surface area contributed by atoms with Crippen LogP contribution in [-0.2, 0) is 4.74 Å². The maximum Gasteiger partial charge on any atom is 0.222 e. The van der Waals surface area contributed by atoms with Gasteiger partial charge in [-0.15, -0.1) is 0 Å². The van der Waals surface area contributed by atoms with Gasteiger partial charge in [0.1, 0.15) is 11.6 Å². The van der Waals surface area contributed by atoms with Gasteiger partial charge in [0.05, 0.1) is 12.6 Å². The minimum Gasteiger partial charge on any atom is -0.508 e. The lowest BCUT2D eigenvalue weighted by Gasteiger charge is -2.31. The Bertz CT molecular complexity index is 690. The average Bonchev–Trinajstić information content (AvgIpc) is 2.74. The molecule has 2 heterocycles. The maximum atomic E-state index is 9.82. The van der Waals surface area contributed by atoms with Gasteiger partial charge in [0.25, 0.3) is 0 Å². The second kappa shape index (κ2) is 6.60. The molecular formula is C16H19ClN4O2. The van der Waals surface area contributed by atoms with Crippen LogP contribution in [-0.4, -0.2) is 34.8 Å². The first-order chi connectivity index (χ1) is 11.0. The zero-order valence-corrected chi connectivity index (χ0v) is 13.6. The molecule has 3 N–H and O–H groups in total. The van der Waals surface area contributed by atoms with Crippen LogP contribution in [0, 0.1) is 6.92 Å². The highest BCUT2D eigenvalue weighted by molar-refractivity contribution is 6.31. The van der Waals surface area contributed by atoms with E-state index in [4.69, 9.17) is 22.1 Å². The van der Waals surface area contributed by atoms with Gasteiger partial charge >= 0.3 is 0 Å². The number of hydrogen-bond donors (Lipinski definition) is 2. The van der Waals surface area contributed by atoms with Gasteiger partial charge in [0.2, 0.25) is 5.95 Å². The molecule has 1 aromatic heterocycles. The Kier molecular flexibility index (Phi) is 4.54. The summed E-state index contributed by atoms with van der Waals surface area (Å²) in [5.74, 6) is 1.16. The largest absolute Gasteiger partial charge is 0.508 e. The first-order valence-corrected chi connectivity index (χ1v) is 7.86. The topological polar surface area (TPSA) is 84.5 Å². The highest BCUT2D eigenvalue weighted by Crippen LogP contribution is 2.34. The number of aromatic nitrogens is 2. The molecule has 7 heteroatoms. The third-order valence-corrected chi connectivity index (χ3v) is 4.17. The summed E-state index contributed by atoms with van der Waals surface area (Å²) in [7, 11) is 0. The first kappa shape index (κ1) is 15.8. The van der Waals surface area contributed by atoms with Crippen molar-refractivity contribution in [2.45, 2.75) is 19.4 Å². The van der Waals surface area contributed by atoms with Gasteiger partial charge in [0, 0.05) is 29.9 Å². The van der Waals surface area contributed by atoms with Gasteiger partial charge in [-0.3, -0.25) is 0 Å². The summed E-state index contributed by atoms with van der Waals surface area (Å²) in [4.78, 5) is 10.6. The Morgan fingerprint density at radius 2 is 2.17 bits per heavy atom. The first-order valence-electron chi connectivity index (χ1n) is 7.48.